The quantitative estimate of drug-likeness (QED) is 0.705. The van der Waals surface area contributed by atoms with Crippen molar-refractivity contribution >= 4 is 23.3 Å². The van der Waals surface area contributed by atoms with Crippen LogP contribution in [0.1, 0.15) is 24.2 Å². The fourth-order valence-corrected chi connectivity index (χ4v) is 2.23. The molecule has 0 aliphatic rings. The van der Waals surface area contributed by atoms with Gasteiger partial charge in [-0.2, -0.15) is 0 Å². The molecular weight excluding hydrogens is 339 g/mol. The van der Waals surface area contributed by atoms with Gasteiger partial charge in [0.1, 0.15) is 0 Å². The van der Waals surface area contributed by atoms with Crippen molar-refractivity contribution in [2.45, 2.75) is 13.8 Å². The van der Waals surface area contributed by atoms with Crippen molar-refractivity contribution in [3.05, 3.63) is 53.8 Å². The molecule has 0 saturated heterocycles. The van der Waals surface area contributed by atoms with Crippen LogP contribution in [-0.2, 0) is 9.53 Å². The first-order valence-electron chi connectivity index (χ1n) is 8.27. The van der Waals surface area contributed by atoms with E-state index in [0.717, 1.165) is 0 Å². The molecule has 6 nitrogen and oxygen atoms in total. The zero-order chi connectivity index (χ0) is 18.9. The third kappa shape index (κ3) is 5.20. The lowest BCUT2D eigenvalue weighted by Crippen LogP contribution is -2.21. The summed E-state index contributed by atoms with van der Waals surface area (Å²) in [6.45, 7) is 4.15. The molecule has 0 unspecified atom stereocenters. The lowest BCUT2D eigenvalue weighted by Gasteiger charge is -2.14. The second-order valence-electron chi connectivity index (χ2n) is 5.28. The van der Waals surface area contributed by atoms with Gasteiger partial charge >= 0.3 is 5.97 Å². The molecule has 2 aromatic rings. The first-order valence-corrected chi connectivity index (χ1v) is 8.27. The van der Waals surface area contributed by atoms with Gasteiger partial charge in [0, 0.05) is 6.54 Å². The Bertz CT molecular complexity index is 780. The fraction of sp³-hybridized carbons (Fsp3) is 0.263. The Morgan fingerprint density at radius 2 is 1.85 bits per heavy atom. The van der Waals surface area contributed by atoms with Gasteiger partial charge in [-0.15, -0.1) is 0 Å². The van der Waals surface area contributed by atoms with Crippen molar-refractivity contribution in [2.75, 3.05) is 30.4 Å². The van der Waals surface area contributed by atoms with Gasteiger partial charge in [0.2, 0.25) is 0 Å². The van der Waals surface area contributed by atoms with Crippen molar-refractivity contribution < 1.29 is 23.5 Å². The van der Waals surface area contributed by atoms with E-state index >= 15 is 0 Å². The van der Waals surface area contributed by atoms with Gasteiger partial charge in [0.15, 0.2) is 18.2 Å². The van der Waals surface area contributed by atoms with E-state index in [9.17, 15) is 14.0 Å². The Kier molecular flexibility index (Phi) is 6.96. The lowest BCUT2D eigenvalue weighted by atomic mass is 10.1. The minimum absolute atomic E-state index is 0.00479. The van der Waals surface area contributed by atoms with Gasteiger partial charge in [-0.1, -0.05) is 12.1 Å². The number of benzene rings is 2. The molecule has 0 radical (unpaired) electrons. The highest BCUT2D eigenvalue weighted by atomic mass is 19.1. The third-order valence-corrected chi connectivity index (χ3v) is 3.37. The number of hydrogen-bond donors (Lipinski definition) is 2. The molecule has 2 N–H and O–H groups in total. The average Bonchev–Trinajstić information content (AvgIpc) is 2.63. The Balaban J connectivity index is 2.09. The molecule has 2 aromatic carbocycles. The number of esters is 1. The molecule has 0 heterocycles. The van der Waals surface area contributed by atoms with E-state index in [2.05, 4.69) is 10.6 Å². The summed E-state index contributed by atoms with van der Waals surface area (Å²) in [5.74, 6) is -1.50. The Hall–Kier alpha value is -3.09. The Morgan fingerprint density at radius 1 is 1.08 bits per heavy atom. The van der Waals surface area contributed by atoms with Crippen LogP contribution in [0, 0.1) is 5.82 Å². The molecule has 1 amide bonds. The van der Waals surface area contributed by atoms with Crippen LogP contribution in [0.3, 0.4) is 0 Å². The summed E-state index contributed by atoms with van der Waals surface area (Å²) >= 11 is 0. The standard InChI is InChI=1S/C19H21FN2O4/c1-3-21-15-10-9-13(19(24)25-4-2)11-16(15)22-18(23)12-26-17-8-6-5-7-14(17)20/h5-11,21H,3-4,12H2,1-2H3,(H,22,23). The van der Waals surface area contributed by atoms with Gasteiger partial charge in [-0.3, -0.25) is 4.79 Å². The summed E-state index contributed by atoms with van der Waals surface area (Å²) in [7, 11) is 0. The van der Waals surface area contributed by atoms with Crippen LogP contribution < -0.4 is 15.4 Å². The predicted molar refractivity (Wildman–Crippen MR) is 97.1 cm³/mol. The van der Waals surface area contributed by atoms with E-state index in [1.54, 1.807) is 25.1 Å². The van der Waals surface area contributed by atoms with Crippen molar-refractivity contribution in [1.29, 1.82) is 0 Å². The summed E-state index contributed by atoms with van der Waals surface area (Å²) in [6.07, 6.45) is 0. The van der Waals surface area contributed by atoms with Crippen LogP contribution in [0.25, 0.3) is 0 Å². The minimum Gasteiger partial charge on any atom is -0.481 e. The van der Waals surface area contributed by atoms with Crippen molar-refractivity contribution in [3.63, 3.8) is 0 Å². The summed E-state index contributed by atoms with van der Waals surface area (Å²) < 4.78 is 23.7. The van der Waals surface area contributed by atoms with Gasteiger partial charge in [0.05, 0.1) is 23.5 Å². The maximum absolute atomic E-state index is 13.5. The molecule has 0 atom stereocenters. The summed E-state index contributed by atoms with van der Waals surface area (Å²) in [4.78, 5) is 24.0. The highest BCUT2D eigenvalue weighted by Crippen LogP contribution is 2.24. The van der Waals surface area contributed by atoms with Crippen LogP contribution in [-0.4, -0.2) is 31.6 Å². The molecule has 138 valence electrons. The summed E-state index contributed by atoms with van der Waals surface area (Å²) in [5.41, 5.74) is 1.39. The number of anilines is 2. The number of rotatable bonds is 8. The maximum atomic E-state index is 13.5. The highest BCUT2D eigenvalue weighted by molar-refractivity contribution is 5.98. The van der Waals surface area contributed by atoms with Gasteiger partial charge in [-0.05, 0) is 44.2 Å². The largest absolute Gasteiger partial charge is 0.481 e. The van der Waals surface area contributed by atoms with Crippen molar-refractivity contribution in [1.82, 2.24) is 0 Å². The third-order valence-electron chi connectivity index (χ3n) is 3.37. The molecule has 26 heavy (non-hydrogen) atoms. The zero-order valence-corrected chi connectivity index (χ0v) is 14.7. The average molecular weight is 360 g/mol. The number of para-hydroxylation sites is 1. The van der Waals surface area contributed by atoms with E-state index in [1.165, 1.54) is 24.3 Å². The van der Waals surface area contributed by atoms with Crippen LogP contribution in [0.5, 0.6) is 5.75 Å². The number of carbonyl (C=O) groups excluding carboxylic acids is 2. The molecule has 0 spiro atoms. The van der Waals surface area contributed by atoms with E-state index in [-0.39, 0.29) is 19.0 Å². The number of ether oxygens (including phenoxy) is 2. The SMILES string of the molecule is CCNc1ccc(C(=O)OCC)cc1NC(=O)COc1ccccc1F. The maximum Gasteiger partial charge on any atom is 0.338 e. The van der Waals surface area contributed by atoms with Gasteiger partial charge in [-0.25, -0.2) is 9.18 Å². The van der Waals surface area contributed by atoms with Crippen molar-refractivity contribution in [3.8, 4) is 5.75 Å². The topological polar surface area (TPSA) is 76.7 Å². The molecule has 0 aliphatic carbocycles. The molecule has 0 aliphatic heterocycles. The normalized spacial score (nSPS) is 10.1. The van der Waals surface area contributed by atoms with E-state index < -0.39 is 17.7 Å². The molecule has 0 bridgehead atoms. The summed E-state index contributed by atoms with van der Waals surface area (Å²) in [6, 6.07) is 10.7. The smallest absolute Gasteiger partial charge is 0.338 e. The van der Waals surface area contributed by atoms with E-state index in [0.29, 0.717) is 23.5 Å². The Labute approximate surface area is 151 Å². The number of amides is 1. The molecular formula is C19H21FN2O4. The summed E-state index contributed by atoms with van der Waals surface area (Å²) in [5, 5.41) is 5.76. The van der Waals surface area contributed by atoms with E-state index in [1.807, 2.05) is 6.92 Å². The minimum atomic E-state index is -0.544. The molecule has 2 rings (SSSR count). The van der Waals surface area contributed by atoms with Gasteiger partial charge < -0.3 is 20.1 Å². The fourth-order valence-electron chi connectivity index (χ4n) is 2.23. The molecule has 7 heteroatoms. The van der Waals surface area contributed by atoms with E-state index in [4.69, 9.17) is 9.47 Å². The number of hydrogen-bond acceptors (Lipinski definition) is 5. The molecule has 0 saturated carbocycles. The lowest BCUT2D eigenvalue weighted by molar-refractivity contribution is -0.118. The highest BCUT2D eigenvalue weighted by Gasteiger charge is 2.13. The molecule has 0 aromatic heterocycles. The predicted octanol–water partition coefficient (Wildman–Crippen LogP) is 3.45. The number of halogens is 1. The zero-order valence-electron chi connectivity index (χ0n) is 14.7. The molecule has 0 fully saturated rings. The number of carbonyl (C=O) groups is 2. The first kappa shape index (κ1) is 19.2. The monoisotopic (exact) mass is 360 g/mol. The second kappa shape index (κ2) is 9.41. The van der Waals surface area contributed by atoms with Crippen LogP contribution in [0.15, 0.2) is 42.5 Å². The second-order valence-corrected chi connectivity index (χ2v) is 5.28. The van der Waals surface area contributed by atoms with Crippen LogP contribution >= 0.6 is 0 Å². The van der Waals surface area contributed by atoms with Gasteiger partial charge in [0.25, 0.3) is 5.91 Å². The Morgan fingerprint density at radius 3 is 2.54 bits per heavy atom. The first-order chi connectivity index (χ1) is 12.5. The van der Waals surface area contributed by atoms with Crippen LogP contribution in [0.2, 0.25) is 0 Å². The number of nitrogens with one attached hydrogen (secondary N) is 2. The van der Waals surface area contributed by atoms with Crippen molar-refractivity contribution in [2.24, 2.45) is 0 Å². The van der Waals surface area contributed by atoms with Crippen LogP contribution in [0.4, 0.5) is 15.8 Å².